The molecule has 0 spiro atoms. The smallest absolute Gasteiger partial charge is 0.407 e. The molecule has 6 rings (SSSR count). The first kappa shape index (κ1) is 25.8. The maximum absolute atomic E-state index is 13.0. The molecule has 2 aromatic heterocycles. The van der Waals surface area contributed by atoms with E-state index in [2.05, 4.69) is 44.9 Å². The molecule has 8 nitrogen and oxygen atoms in total. The number of carbonyl (C=O) groups is 2. The maximum Gasteiger partial charge on any atom is 0.407 e. The molecule has 202 valence electrons. The second-order valence-corrected chi connectivity index (χ2v) is 9.70. The van der Waals surface area contributed by atoms with Gasteiger partial charge in [-0.25, -0.2) is 4.79 Å². The number of carbonyl (C=O) groups excluding carboxylic acids is 2. The average Bonchev–Trinajstić information content (AvgIpc) is 3.34. The lowest BCUT2D eigenvalue weighted by molar-refractivity contribution is 0.102. The van der Waals surface area contributed by atoms with Gasteiger partial charge in [-0.3, -0.25) is 14.6 Å². The van der Waals surface area contributed by atoms with Gasteiger partial charge in [0.2, 0.25) is 0 Å². The minimum Gasteiger partial charge on any atom is -0.449 e. The topological polar surface area (TPSA) is 113 Å². The highest BCUT2D eigenvalue weighted by Gasteiger charge is 2.29. The first-order valence-corrected chi connectivity index (χ1v) is 13.2. The third-order valence-corrected chi connectivity index (χ3v) is 7.13. The zero-order valence-corrected chi connectivity index (χ0v) is 22.0. The molecule has 8 heteroatoms. The second-order valence-electron chi connectivity index (χ2n) is 9.70. The zero-order valence-electron chi connectivity index (χ0n) is 22.0. The van der Waals surface area contributed by atoms with E-state index in [1.807, 2.05) is 36.4 Å². The van der Waals surface area contributed by atoms with E-state index in [0.29, 0.717) is 11.1 Å². The van der Waals surface area contributed by atoms with Crippen molar-refractivity contribution in [2.24, 2.45) is 0 Å². The van der Waals surface area contributed by atoms with Gasteiger partial charge in [0.05, 0.1) is 0 Å². The fourth-order valence-corrected chi connectivity index (χ4v) is 5.13. The first-order valence-electron chi connectivity index (χ1n) is 13.2. The van der Waals surface area contributed by atoms with Crippen LogP contribution < -0.4 is 16.2 Å². The van der Waals surface area contributed by atoms with Crippen LogP contribution in [0.25, 0.3) is 22.3 Å². The minimum atomic E-state index is -0.541. The average molecular weight is 543 g/mol. The molecule has 0 saturated carbocycles. The predicted octanol–water partition coefficient (Wildman–Crippen LogP) is 5.73. The van der Waals surface area contributed by atoms with Crippen LogP contribution in [-0.4, -0.2) is 28.6 Å². The number of nitrogens with one attached hydrogen (secondary N) is 3. The number of amides is 2. The highest BCUT2D eigenvalue weighted by molar-refractivity contribution is 6.04. The number of pyridine rings is 2. The summed E-state index contributed by atoms with van der Waals surface area (Å²) in [7, 11) is 0. The van der Waals surface area contributed by atoms with E-state index < -0.39 is 17.6 Å². The van der Waals surface area contributed by atoms with Crippen LogP contribution in [0.2, 0.25) is 0 Å². The molecule has 3 N–H and O–H groups in total. The maximum atomic E-state index is 13.0. The molecule has 0 radical (unpaired) electrons. The summed E-state index contributed by atoms with van der Waals surface area (Å²) in [6.07, 6.45) is 4.35. The molecule has 0 saturated heterocycles. The van der Waals surface area contributed by atoms with Crippen molar-refractivity contribution in [2.45, 2.75) is 12.5 Å². The van der Waals surface area contributed by atoms with Crippen molar-refractivity contribution < 1.29 is 14.3 Å². The fourth-order valence-electron chi connectivity index (χ4n) is 5.13. The molecule has 1 aliphatic carbocycles. The summed E-state index contributed by atoms with van der Waals surface area (Å²) in [5.41, 5.74) is 7.00. The van der Waals surface area contributed by atoms with Gasteiger partial charge in [0.15, 0.2) is 0 Å². The quantitative estimate of drug-likeness (QED) is 0.243. The standard InChI is InChI=1S/C33H26N4O4/c38-31(37-30-17-24(19-35-32(30)39)22-12-14-34-15-13-22)23-7-5-6-21(16-23)18-36-33(40)41-20-29-27-10-3-1-8-25(27)26-9-2-4-11-28(26)29/h1-17,19,29H,18,20H2,(H,35,39)(H,36,40)(H,37,38). The number of anilines is 1. The number of aromatic amines is 1. The van der Waals surface area contributed by atoms with Gasteiger partial charge >= 0.3 is 6.09 Å². The number of benzene rings is 3. The Kier molecular flexibility index (Phi) is 7.11. The predicted molar refractivity (Wildman–Crippen MR) is 157 cm³/mol. The van der Waals surface area contributed by atoms with Crippen LogP contribution in [0.15, 0.2) is 114 Å². The third-order valence-electron chi connectivity index (χ3n) is 7.13. The van der Waals surface area contributed by atoms with Crippen molar-refractivity contribution in [1.29, 1.82) is 0 Å². The number of ether oxygens (including phenoxy) is 1. The molecule has 5 aromatic rings. The van der Waals surface area contributed by atoms with E-state index in [9.17, 15) is 14.4 Å². The number of nitrogens with zero attached hydrogens (tertiary/aromatic N) is 1. The molecule has 0 aliphatic heterocycles. The minimum absolute atomic E-state index is 0.0274. The van der Waals surface area contributed by atoms with E-state index in [0.717, 1.165) is 22.3 Å². The monoisotopic (exact) mass is 542 g/mol. The second kappa shape index (κ2) is 11.3. The number of hydrogen-bond acceptors (Lipinski definition) is 5. The molecule has 0 atom stereocenters. The van der Waals surface area contributed by atoms with E-state index in [4.69, 9.17) is 4.74 Å². The van der Waals surface area contributed by atoms with Crippen LogP contribution in [-0.2, 0) is 11.3 Å². The van der Waals surface area contributed by atoms with Gasteiger partial charge < -0.3 is 20.4 Å². The summed E-state index contributed by atoms with van der Waals surface area (Å²) >= 11 is 0. The van der Waals surface area contributed by atoms with Crippen LogP contribution in [0, 0.1) is 0 Å². The molecule has 0 bridgehead atoms. The lowest BCUT2D eigenvalue weighted by Crippen LogP contribution is -2.26. The van der Waals surface area contributed by atoms with Crippen molar-refractivity contribution in [3.05, 3.63) is 142 Å². The fraction of sp³-hybridized carbons (Fsp3) is 0.0909. The van der Waals surface area contributed by atoms with Crippen molar-refractivity contribution >= 4 is 17.7 Å². The summed E-state index contributed by atoms with van der Waals surface area (Å²) in [4.78, 5) is 44.6. The van der Waals surface area contributed by atoms with Gasteiger partial charge in [-0.05, 0) is 63.7 Å². The Morgan fingerprint density at radius 2 is 1.54 bits per heavy atom. The van der Waals surface area contributed by atoms with Gasteiger partial charge in [-0.1, -0.05) is 60.7 Å². The third kappa shape index (κ3) is 5.49. The highest BCUT2D eigenvalue weighted by atomic mass is 16.5. The molecular formula is C33H26N4O4. The summed E-state index contributed by atoms with van der Waals surface area (Å²) in [6, 6.07) is 28.4. The summed E-state index contributed by atoms with van der Waals surface area (Å²) < 4.78 is 5.61. The molecule has 3 aromatic carbocycles. The molecule has 1 aliphatic rings. The van der Waals surface area contributed by atoms with Crippen LogP contribution >= 0.6 is 0 Å². The van der Waals surface area contributed by atoms with Gasteiger partial charge in [0.25, 0.3) is 11.5 Å². The summed E-state index contributed by atoms with van der Waals surface area (Å²) in [5.74, 6) is -0.467. The Morgan fingerprint density at radius 1 is 0.829 bits per heavy atom. The first-order chi connectivity index (χ1) is 20.1. The molecule has 41 heavy (non-hydrogen) atoms. The summed E-state index contributed by atoms with van der Waals surface area (Å²) in [5, 5.41) is 5.45. The lowest BCUT2D eigenvalue weighted by Gasteiger charge is -2.14. The summed E-state index contributed by atoms with van der Waals surface area (Å²) in [6.45, 7) is 0.394. The highest BCUT2D eigenvalue weighted by Crippen LogP contribution is 2.44. The van der Waals surface area contributed by atoms with Crippen molar-refractivity contribution in [1.82, 2.24) is 15.3 Å². The Balaban J connectivity index is 1.07. The molecule has 2 amide bonds. The molecule has 0 unspecified atom stereocenters. The zero-order chi connectivity index (χ0) is 28.2. The Hall–Kier alpha value is -5.50. The number of rotatable bonds is 7. The van der Waals surface area contributed by atoms with Crippen molar-refractivity contribution in [3.8, 4) is 22.3 Å². The van der Waals surface area contributed by atoms with Crippen LogP contribution in [0.1, 0.15) is 33.0 Å². The Morgan fingerprint density at radius 3 is 2.27 bits per heavy atom. The number of aromatic nitrogens is 2. The molecular weight excluding hydrogens is 516 g/mol. The lowest BCUT2D eigenvalue weighted by atomic mass is 9.98. The van der Waals surface area contributed by atoms with Gasteiger partial charge in [-0.15, -0.1) is 0 Å². The Labute approximate surface area is 236 Å². The van der Waals surface area contributed by atoms with E-state index >= 15 is 0 Å². The van der Waals surface area contributed by atoms with Crippen LogP contribution in [0.5, 0.6) is 0 Å². The largest absolute Gasteiger partial charge is 0.449 e. The molecule has 0 fully saturated rings. The molecule has 2 heterocycles. The number of fused-ring (bicyclic) bond motifs is 3. The van der Waals surface area contributed by atoms with Crippen molar-refractivity contribution in [2.75, 3.05) is 11.9 Å². The van der Waals surface area contributed by atoms with E-state index in [1.165, 1.54) is 11.1 Å². The SMILES string of the molecule is O=C(NCc1cccc(C(=O)Nc2cc(-c3ccncc3)c[nH]c2=O)c1)OCC1c2ccccc2-c2ccccc21. The van der Waals surface area contributed by atoms with Gasteiger partial charge in [0.1, 0.15) is 12.3 Å². The van der Waals surface area contributed by atoms with Crippen LogP contribution in [0.4, 0.5) is 10.5 Å². The number of H-pyrrole nitrogens is 1. The van der Waals surface area contributed by atoms with Gasteiger partial charge in [0, 0.05) is 42.2 Å². The van der Waals surface area contributed by atoms with E-state index in [1.54, 1.807) is 48.9 Å². The normalized spacial score (nSPS) is 11.8. The van der Waals surface area contributed by atoms with Crippen molar-refractivity contribution in [3.63, 3.8) is 0 Å². The number of alkyl carbamates (subject to hydrolysis) is 1. The number of hydrogen-bond donors (Lipinski definition) is 3. The van der Waals surface area contributed by atoms with Gasteiger partial charge in [-0.2, -0.15) is 0 Å². The van der Waals surface area contributed by atoms with Crippen LogP contribution in [0.3, 0.4) is 0 Å². The van der Waals surface area contributed by atoms with E-state index in [-0.39, 0.29) is 24.8 Å². The Bertz CT molecular complexity index is 1750.